The van der Waals surface area contributed by atoms with E-state index in [4.69, 9.17) is 5.11 Å². The van der Waals surface area contributed by atoms with Gasteiger partial charge in [0.2, 0.25) is 0 Å². The maximum absolute atomic E-state index is 13.7. The van der Waals surface area contributed by atoms with Crippen molar-refractivity contribution in [2.24, 2.45) is 5.41 Å². The van der Waals surface area contributed by atoms with Crippen LogP contribution in [-0.2, 0) is 0 Å². The predicted octanol–water partition coefficient (Wildman–Crippen LogP) is 2.26. The number of aliphatic hydroxyl groups is 1. The number of rotatable bonds is 7. The first-order chi connectivity index (χ1) is 9.76. The molecule has 0 spiro atoms. The second-order valence-electron chi connectivity index (χ2n) is 5.60. The van der Waals surface area contributed by atoms with Crippen LogP contribution < -0.4 is 5.32 Å². The minimum absolute atomic E-state index is 0.0777. The molecule has 1 aromatic carbocycles. The zero-order chi connectivity index (χ0) is 16.0. The molecule has 6 nitrogen and oxygen atoms in total. The summed E-state index contributed by atoms with van der Waals surface area (Å²) in [5.74, 6) is -1.53. The number of nitrogens with one attached hydrogen (secondary N) is 1. The highest BCUT2D eigenvalue weighted by atomic mass is 19.1. The molecule has 0 saturated carbocycles. The lowest BCUT2D eigenvalue weighted by molar-refractivity contribution is -0.385. The van der Waals surface area contributed by atoms with Gasteiger partial charge in [0, 0.05) is 19.2 Å². The van der Waals surface area contributed by atoms with E-state index in [1.165, 1.54) is 0 Å². The second-order valence-corrected chi connectivity index (χ2v) is 5.60. The number of non-ortho nitro benzene ring substituents is 1. The molecule has 0 saturated heterocycles. The number of carbonyl (C=O) groups is 1. The molecule has 0 radical (unpaired) electrons. The maximum Gasteiger partial charge on any atom is 0.272 e. The molecular weight excluding hydrogens is 279 g/mol. The Morgan fingerprint density at radius 2 is 2.14 bits per heavy atom. The Kier molecular flexibility index (Phi) is 5.78. The van der Waals surface area contributed by atoms with Crippen LogP contribution in [0.2, 0.25) is 0 Å². The van der Waals surface area contributed by atoms with Gasteiger partial charge in [-0.05, 0) is 24.3 Å². The average molecular weight is 298 g/mol. The highest BCUT2D eigenvalue weighted by Gasteiger charge is 2.21. The number of hydrogen-bond acceptors (Lipinski definition) is 4. The van der Waals surface area contributed by atoms with E-state index in [2.05, 4.69) is 5.32 Å². The Balaban J connectivity index is 2.70. The molecule has 1 aromatic rings. The fourth-order valence-electron chi connectivity index (χ4n) is 1.86. The van der Waals surface area contributed by atoms with Gasteiger partial charge < -0.3 is 10.4 Å². The van der Waals surface area contributed by atoms with Gasteiger partial charge in [0.25, 0.3) is 11.6 Å². The molecule has 1 rings (SSSR count). The third kappa shape index (κ3) is 5.11. The number of amides is 1. The molecule has 0 aliphatic rings. The van der Waals surface area contributed by atoms with E-state index in [1.54, 1.807) is 0 Å². The number of benzene rings is 1. The lowest BCUT2D eigenvalue weighted by Gasteiger charge is -2.24. The summed E-state index contributed by atoms with van der Waals surface area (Å²) in [6, 6.07) is 2.92. The van der Waals surface area contributed by atoms with Gasteiger partial charge in [-0.25, -0.2) is 4.39 Å². The van der Waals surface area contributed by atoms with Crippen LogP contribution in [0.25, 0.3) is 0 Å². The van der Waals surface area contributed by atoms with Crippen molar-refractivity contribution in [1.29, 1.82) is 0 Å². The van der Waals surface area contributed by atoms with Crippen LogP contribution in [0.3, 0.4) is 0 Å². The predicted molar refractivity (Wildman–Crippen MR) is 75.5 cm³/mol. The molecule has 116 valence electrons. The standard InChI is InChI=1S/C14H19FN2O4/c1-14(2,6-3-7-18)9-16-13(19)11-5-4-10(17(20)21)8-12(11)15/h4-5,8,18H,3,6-7,9H2,1-2H3,(H,16,19). The summed E-state index contributed by atoms with van der Waals surface area (Å²) in [5, 5.41) is 21.9. The topological polar surface area (TPSA) is 92.5 Å². The molecule has 0 fully saturated rings. The van der Waals surface area contributed by atoms with Crippen molar-refractivity contribution in [3.63, 3.8) is 0 Å². The van der Waals surface area contributed by atoms with E-state index in [9.17, 15) is 19.3 Å². The quantitative estimate of drug-likeness (QED) is 0.596. The van der Waals surface area contributed by atoms with Gasteiger partial charge in [0.15, 0.2) is 0 Å². The molecule has 0 atom stereocenters. The number of hydrogen-bond donors (Lipinski definition) is 2. The summed E-state index contributed by atoms with van der Waals surface area (Å²) < 4.78 is 13.7. The van der Waals surface area contributed by atoms with Crippen molar-refractivity contribution in [3.8, 4) is 0 Å². The minimum Gasteiger partial charge on any atom is -0.396 e. The third-order valence-electron chi connectivity index (χ3n) is 3.15. The highest BCUT2D eigenvalue weighted by Crippen LogP contribution is 2.21. The van der Waals surface area contributed by atoms with Crippen LogP contribution >= 0.6 is 0 Å². The molecule has 0 aliphatic heterocycles. The summed E-state index contributed by atoms with van der Waals surface area (Å²) in [4.78, 5) is 21.7. The van der Waals surface area contributed by atoms with Gasteiger partial charge in [-0.3, -0.25) is 14.9 Å². The molecule has 21 heavy (non-hydrogen) atoms. The van der Waals surface area contributed by atoms with Gasteiger partial charge in [0.05, 0.1) is 16.6 Å². The molecule has 0 aliphatic carbocycles. The molecule has 7 heteroatoms. The third-order valence-corrected chi connectivity index (χ3v) is 3.15. The SMILES string of the molecule is CC(C)(CCCO)CNC(=O)c1ccc([N+](=O)[O-])cc1F. The van der Waals surface area contributed by atoms with Crippen LogP contribution in [0.1, 0.15) is 37.0 Å². The Labute approximate surface area is 122 Å². The van der Waals surface area contributed by atoms with Gasteiger partial charge in [-0.15, -0.1) is 0 Å². The number of aliphatic hydroxyl groups excluding tert-OH is 1. The van der Waals surface area contributed by atoms with E-state index < -0.39 is 22.3 Å². The van der Waals surface area contributed by atoms with E-state index in [0.29, 0.717) is 19.4 Å². The number of nitrogens with zero attached hydrogens (tertiary/aromatic N) is 1. The van der Waals surface area contributed by atoms with E-state index >= 15 is 0 Å². The monoisotopic (exact) mass is 298 g/mol. The lowest BCUT2D eigenvalue weighted by atomic mass is 9.88. The van der Waals surface area contributed by atoms with Crippen molar-refractivity contribution < 1.29 is 19.2 Å². The first-order valence-electron chi connectivity index (χ1n) is 6.60. The molecular formula is C14H19FN2O4. The van der Waals surface area contributed by atoms with Crippen LogP contribution in [-0.4, -0.2) is 29.1 Å². The van der Waals surface area contributed by atoms with Gasteiger partial charge >= 0.3 is 0 Å². The average Bonchev–Trinajstić information content (AvgIpc) is 2.42. The summed E-state index contributed by atoms with van der Waals surface area (Å²) >= 11 is 0. The lowest BCUT2D eigenvalue weighted by Crippen LogP contribution is -2.34. The summed E-state index contributed by atoms with van der Waals surface area (Å²) in [7, 11) is 0. The van der Waals surface area contributed by atoms with Crippen LogP contribution in [0, 0.1) is 21.3 Å². The largest absolute Gasteiger partial charge is 0.396 e. The van der Waals surface area contributed by atoms with E-state index in [-0.39, 0.29) is 17.6 Å². The second kappa shape index (κ2) is 7.12. The van der Waals surface area contributed by atoms with Crippen molar-refractivity contribution in [2.45, 2.75) is 26.7 Å². The van der Waals surface area contributed by atoms with Gasteiger partial charge in [-0.1, -0.05) is 13.8 Å². The molecule has 0 bridgehead atoms. The first-order valence-corrected chi connectivity index (χ1v) is 6.60. The Morgan fingerprint density at radius 1 is 1.48 bits per heavy atom. The van der Waals surface area contributed by atoms with Gasteiger partial charge in [0.1, 0.15) is 5.82 Å². The molecule has 0 unspecified atom stereocenters. The molecule has 1 amide bonds. The summed E-state index contributed by atoms with van der Waals surface area (Å²) in [5.41, 5.74) is -0.846. The van der Waals surface area contributed by atoms with Crippen LogP contribution in [0.4, 0.5) is 10.1 Å². The fourth-order valence-corrected chi connectivity index (χ4v) is 1.86. The number of nitro groups is 1. The molecule has 0 aromatic heterocycles. The van der Waals surface area contributed by atoms with Crippen LogP contribution in [0.5, 0.6) is 0 Å². The van der Waals surface area contributed by atoms with Crippen LogP contribution in [0.15, 0.2) is 18.2 Å². The Hall–Kier alpha value is -2.02. The Bertz CT molecular complexity index is 532. The zero-order valence-electron chi connectivity index (χ0n) is 12.1. The smallest absolute Gasteiger partial charge is 0.272 e. The highest BCUT2D eigenvalue weighted by molar-refractivity contribution is 5.94. The molecule has 2 N–H and O–H groups in total. The first kappa shape index (κ1) is 17.0. The van der Waals surface area contributed by atoms with Crippen molar-refractivity contribution >= 4 is 11.6 Å². The number of halogens is 1. The Morgan fingerprint density at radius 3 is 2.67 bits per heavy atom. The van der Waals surface area contributed by atoms with E-state index in [0.717, 1.165) is 18.2 Å². The number of nitro benzene ring substituents is 1. The summed E-state index contributed by atoms with van der Waals surface area (Å²) in [6.45, 7) is 4.25. The van der Waals surface area contributed by atoms with Crippen molar-refractivity contribution in [2.75, 3.05) is 13.2 Å². The van der Waals surface area contributed by atoms with Crippen molar-refractivity contribution in [1.82, 2.24) is 5.32 Å². The summed E-state index contributed by atoms with van der Waals surface area (Å²) in [6.07, 6.45) is 1.33. The fraction of sp³-hybridized carbons (Fsp3) is 0.500. The normalized spacial score (nSPS) is 11.2. The molecule has 0 heterocycles. The maximum atomic E-state index is 13.7. The minimum atomic E-state index is -0.921. The number of carbonyl (C=O) groups excluding carboxylic acids is 1. The van der Waals surface area contributed by atoms with E-state index in [1.807, 2.05) is 13.8 Å². The zero-order valence-corrected chi connectivity index (χ0v) is 12.1. The van der Waals surface area contributed by atoms with Crippen molar-refractivity contribution in [3.05, 3.63) is 39.7 Å². The van der Waals surface area contributed by atoms with Gasteiger partial charge in [-0.2, -0.15) is 0 Å².